The van der Waals surface area contributed by atoms with Crippen molar-refractivity contribution < 1.29 is 24.3 Å². The van der Waals surface area contributed by atoms with Gasteiger partial charge >= 0.3 is 5.97 Å². The lowest BCUT2D eigenvalue weighted by Crippen LogP contribution is -2.26. The molecule has 1 N–H and O–H groups in total. The van der Waals surface area contributed by atoms with Crippen LogP contribution in [-0.4, -0.2) is 49.1 Å². The van der Waals surface area contributed by atoms with Crippen molar-refractivity contribution in [3.05, 3.63) is 89.0 Å². The number of carbonyl (C=O) groups is 2. The highest BCUT2D eigenvalue weighted by Crippen LogP contribution is 2.41. The van der Waals surface area contributed by atoms with Gasteiger partial charge in [-0.15, -0.1) is 0 Å². The Balaban J connectivity index is 1.48. The van der Waals surface area contributed by atoms with E-state index in [4.69, 9.17) is 9.47 Å². The van der Waals surface area contributed by atoms with Crippen molar-refractivity contribution >= 4 is 17.6 Å². The van der Waals surface area contributed by atoms with Crippen molar-refractivity contribution in [1.29, 1.82) is 0 Å². The zero-order valence-electron chi connectivity index (χ0n) is 19.9. The largest absolute Gasteiger partial charge is 0.494 e. The second kappa shape index (κ2) is 10.9. The number of amides is 1. The van der Waals surface area contributed by atoms with E-state index in [2.05, 4.69) is 4.99 Å². The second-order valence-electron chi connectivity index (χ2n) is 8.35. The van der Waals surface area contributed by atoms with E-state index in [1.165, 1.54) is 13.3 Å². The van der Waals surface area contributed by atoms with Crippen molar-refractivity contribution in [2.75, 3.05) is 32.2 Å². The van der Waals surface area contributed by atoms with E-state index in [1.807, 2.05) is 42.5 Å². The molecule has 0 saturated heterocycles. The van der Waals surface area contributed by atoms with Gasteiger partial charge in [0.25, 0.3) is 5.91 Å². The van der Waals surface area contributed by atoms with E-state index < -0.39 is 0 Å². The number of ether oxygens (including phenoxy) is 2. The van der Waals surface area contributed by atoms with Crippen LogP contribution in [0.15, 0.2) is 71.9 Å². The molecule has 0 fully saturated rings. The van der Waals surface area contributed by atoms with Crippen LogP contribution in [0.2, 0.25) is 0 Å². The summed E-state index contributed by atoms with van der Waals surface area (Å²) < 4.78 is 11.9. The van der Waals surface area contributed by atoms with E-state index in [1.54, 1.807) is 30.1 Å². The molecule has 4 rings (SSSR count). The number of pyridine rings is 1. The number of benzene rings is 2. The number of aromatic nitrogens is 1. The van der Waals surface area contributed by atoms with Gasteiger partial charge in [0.2, 0.25) is 0 Å². The molecule has 1 aliphatic rings. The van der Waals surface area contributed by atoms with Crippen LogP contribution in [-0.2, 0) is 9.53 Å². The minimum Gasteiger partial charge on any atom is -0.494 e. The molecule has 8 nitrogen and oxygen atoms in total. The molecular formula is C27H29N3O5. The van der Waals surface area contributed by atoms with Gasteiger partial charge in [0.1, 0.15) is 5.75 Å². The summed E-state index contributed by atoms with van der Waals surface area (Å²) in [5, 5.41) is 9.70. The highest BCUT2D eigenvalue weighted by atomic mass is 16.5. The van der Waals surface area contributed by atoms with Gasteiger partial charge in [0.15, 0.2) is 5.49 Å². The number of fused-ring (bicyclic) bond motifs is 2. The minimum absolute atomic E-state index is 0.130. The Labute approximate surface area is 204 Å². The molecule has 0 radical (unpaired) electrons. The lowest BCUT2D eigenvalue weighted by atomic mass is 9.86. The number of anilines is 1. The van der Waals surface area contributed by atoms with Crippen molar-refractivity contribution in [2.45, 2.75) is 25.2 Å². The fourth-order valence-corrected chi connectivity index (χ4v) is 4.27. The van der Waals surface area contributed by atoms with Crippen molar-refractivity contribution in [3.8, 4) is 5.75 Å². The maximum atomic E-state index is 13.2. The Morgan fingerprint density at radius 2 is 1.86 bits per heavy atom. The molecule has 182 valence electrons. The standard InChI is InChI=1S/C27H29N3O5/c1-29-24-17-19(35-16-8-6-14-28-25-11-5-7-15-30(25)33)12-13-21(24)23(18-26(31)34-2)20-9-3-4-10-22(20)27(29)32/h3-5,7,9-13,15,17,23,33H,6,8,14,16,18H2,1-2H3. The van der Waals surface area contributed by atoms with E-state index in [0.29, 0.717) is 35.6 Å². The number of methoxy groups -OCH3 is 1. The summed E-state index contributed by atoms with van der Waals surface area (Å²) in [6.45, 7) is 1.06. The quantitative estimate of drug-likeness (QED) is 0.304. The highest BCUT2D eigenvalue weighted by Gasteiger charge is 2.32. The first-order valence-corrected chi connectivity index (χ1v) is 11.6. The van der Waals surface area contributed by atoms with Crippen molar-refractivity contribution in [3.63, 3.8) is 0 Å². The number of unbranched alkanes of at least 4 members (excludes halogenated alkanes) is 1. The first-order valence-electron chi connectivity index (χ1n) is 11.6. The van der Waals surface area contributed by atoms with Gasteiger partial charge in [0.05, 0.1) is 25.8 Å². The first kappa shape index (κ1) is 24.1. The summed E-state index contributed by atoms with van der Waals surface area (Å²) in [6, 6.07) is 18.3. The van der Waals surface area contributed by atoms with E-state index in [0.717, 1.165) is 28.7 Å². The number of carbonyl (C=O) groups excluding carboxylic acids is 2. The number of hydrogen-bond acceptors (Lipinski definition) is 6. The SMILES string of the molecule is COC(=O)CC1c2ccccc2C(=O)N(C)c2cc(OCCCCN=c3ccccn3O)ccc21. The van der Waals surface area contributed by atoms with E-state index in [9.17, 15) is 14.8 Å². The Morgan fingerprint density at radius 1 is 1.06 bits per heavy atom. The lowest BCUT2D eigenvalue weighted by molar-refractivity contribution is -0.140. The van der Waals surface area contributed by atoms with Crippen LogP contribution in [0.3, 0.4) is 0 Å². The van der Waals surface area contributed by atoms with Gasteiger partial charge in [-0.2, -0.15) is 4.73 Å². The first-order chi connectivity index (χ1) is 17.0. The summed E-state index contributed by atoms with van der Waals surface area (Å²) in [5.74, 6) is -0.111. The zero-order chi connectivity index (χ0) is 24.8. The van der Waals surface area contributed by atoms with Crippen LogP contribution in [0.5, 0.6) is 5.75 Å². The smallest absolute Gasteiger partial charge is 0.306 e. The van der Waals surface area contributed by atoms with Gasteiger partial charge in [-0.05, 0) is 48.2 Å². The summed E-state index contributed by atoms with van der Waals surface area (Å²) in [5.41, 5.74) is 3.49. The molecule has 1 unspecified atom stereocenters. The molecule has 1 amide bonds. The lowest BCUT2D eigenvalue weighted by Gasteiger charge is -2.21. The van der Waals surface area contributed by atoms with E-state index in [-0.39, 0.29) is 24.2 Å². The van der Waals surface area contributed by atoms with Crippen LogP contribution in [0.25, 0.3) is 0 Å². The van der Waals surface area contributed by atoms with Crippen molar-refractivity contribution in [2.24, 2.45) is 4.99 Å². The third-order valence-corrected chi connectivity index (χ3v) is 6.12. The maximum absolute atomic E-state index is 13.2. The highest BCUT2D eigenvalue weighted by molar-refractivity contribution is 6.08. The molecule has 1 aliphatic heterocycles. The molecule has 8 heteroatoms. The average molecular weight is 476 g/mol. The van der Waals surface area contributed by atoms with Gasteiger partial charge in [0, 0.05) is 37.3 Å². The molecule has 0 spiro atoms. The summed E-state index contributed by atoms with van der Waals surface area (Å²) in [6.07, 6.45) is 3.26. The summed E-state index contributed by atoms with van der Waals surface area (Å²) in [7, 11) is 3.11. The van der Waals surface area contributed by atoms with Crippen LogP contribution < -0.4 is 15.1 Å². The number of hydrogen-bond donors (Lipinski definition) is 1. The molecule has 2 heterocycles. The monoisotopic (exact) mass is 475 g/mol. The molecule has 0 aliphatic carbocycles. The van der Waals surface area contributed by atoms with Crippen LogP contribution >= 0.6 is 0 Å². The molecule has 0 saturated carbocycles. The van der Waals surface area contributed by atoms with Gasteiger partial charge in [-0.1, -0.05) is 30.3 Å². The predicted molar refractivity (Wildman–Crippen MR) is 131 cm³/mol. The van der Waals surface area contributed by atoms with Gasteiger partial charge < -0.3 is 19.6 Å². The average Bonchev–Trinajstić information content (AvgIpc) is 2.96. The maximum Gasteiger partial charge on any atom is 0.306 e. The predicted octanol–water partition coefficient (Wildman–Crippen LogP) is 3.77. The van der Waals surface area contributed by atoms with Crippen LogP contribution in [0.4, 0.5) is 5.69 Å². The Bertz CT molecular complexity index is 1280. The molecular weight excluding hydrogens is 446 g/mol. The fourth-order valence-electron chi connectivity index (χ4n) is 4.27. The molecule has 3 aromatic rings. The summed E-state index contributed by atoms with van der Waals surface area (Å²) in [4.78, 5) is 31.4. The molecule has 2 aromatic carbocycles. The molecule has 1 atom stereocenters. The molecule has 0 bridgehead atoms. The normalized spacial score (nSPS) is 15.3. The molecule has 35 heavy (non-hydrogen) atoms. The van der Waals surface area contributed by atoms with Gasteiger partial charge in [-0.25, -0.2) is 0 Å². The number of rotatable bonds is 8. The third kappa shape index (κ3) is 5.37. The Morgan fingerprint density at radius 3 is 2.66 bits per heavy atom. The summed E-state index contributed by atoms with van der Waals surface area (Å²) >= 11 is 0. The van der Waals surface area contributed by atoms with Crippen LogP contribution in [0, 0.1) is 0 Å². The Hall–Kier alpha value is -4.07. The second-order valence-corrected chi connectivity index (χ2v) is 8.35. The van der Waals surface area contributed by atoms with Gasteiger partial charge in [-0.3, -0.25) is 14.6 Å². The third-order valence-electron chi connectivity index (χ3n) is 6.12. The molecule has 1 aromatic heterocycles. The number of esters is 1. The number of nitrogens with zero attached hydrogens (tertiary/aromatic N) is 3. The zero-order valence-corrected chi connectivity index (χ0v) is 19.9. The van der Waals surface area contributed by atoms with E-state index >= 15 is 0 Å². The van der Waals surface area contributed by atoms with Crippen LogP contribution in [0.1, 0.15) is 46.7 Å². The topological polar surface area (TPSA) is 93.4 Å². The Kier molecular flexibility index (Phi) is 7.50. The fraction of sp³-hybridized carbons (Fsp3) is 0.296. The van der Waals surface area contributed by atoms with Crippen molar-refractivity contribution in [1.82, 2.24) is 4.73 Å². The minimum atomic E-state index is -0.333.